The molecule has 1 amide bonds. The Morgan fingerprint density at radius 1 is 0.931 bits per heavy atom. The normalized spacial score (nSPS) is 24.9. The van der Waals surface area contributed by atoms with Crippen molar-refractivity contribution >= 4 is 23.3 Å². The first-order valence-electron chi connectivity index (χ1n) is 10.2. The van der Waals surface area contributed by atoms with Crippen molar-refractivity contribution in [1.29, 1.82) is 0 Å². The van der Waals surface area contributed by atoms with Crippen molar-refractivity contribution in [3.05, 3.63) is 65.7 Å². The van der Waals surface area contributed by atoms with Crippen LogP contribution in [0.2, 0.25) is 0 Å². The third kappa shape index (κ3) is 4.09. The van der Waals surface area contributed by atoms with Crippen LogP contribution in [0, 0.1) is 30.6 Å². The van der Waals surface area contributed by atoms with Crippen LogP contribution in [0.25, 0.3) is 0 Å². The van der Waals surface area contributed by atoms with E-state index in [0.717, 1.165) is 24.8 Å². The molecule has 29 heavy (non-hydrogen) atoms. The molecule has 2 bridgehead atoms. The number of hydrogen-bond acceptors (Lipinski definition) is 4. The van der Waals surface area contributed by atoms with Crippen LogP contribution in [0.3, 0.4) is 0 Å². The van der Waals surface area contributed by atoms with Crippen molar-refractivity contribution in [3.63, 3.8) is 0 Å². The molecule has 2 fully saturated rings. The molecule has 5 nitrogen and oxygen atoms in total. The first-order chi connectivity index (χ1) is 14.0. The molecule has 2 aliphatic rings. The van der Waals surface area contributed by atoms with Gasteiger partial charge in [-0.15, -0.1) is 0 Å². The zero-order valence-corrected chi connectivity index (χ0v) is 16.5. The minimum absolute atomic E-state index is 0.0175. The third-order valence-electron chi connectivity index (χ3n) is 6.23. The fourth-order valence-electron chi connectivity index (χ4n) is 4.87. The highest BCUT2D eigenvalue weighted by atomic mass is 16.5. The highest BCUT2D eigenvalue weighted by molar-refractivity contribution is 6.01. The smallest absolute Gasteiger partial charge is 0.310 e. The van der Waals surface area contributed by atoms with Gasteiger partial charge in [0.1, 0.15) is 0 Å². The lowest BCUT2D eigenvalue weighted by Crippen LogP contribution is -2.37. The van der Waals surface area contributed by atoms with Crippen molar-refractivity contribution in [1.82, 2.24) is 0 Å². The lowest BCUT2D eigenvalue weighted by molar-refractivity contribution is -0.154. The van der Waals surface area contributed by atoms with E-state index in [1.54, 1.807) is 24.3 Å². The molecule has 4 rings (SSSR count). The lowest BCUT2D eigenvalue weighted by Gasteiger charge is -2.28. The highest BCUT2D eigenvalue weighted by Gasteiger charge is 2.54. The van der Waals surface area contributed by atoms with Gasteiger partial charge in [0.15, 0.2) is 12.4 Å². The van der Waals surface area contributed by atoms with E-state index in [4.69, 9.17) is 4.74 Å². The summed E-state index contributed by atoms with van der Waals surface area (Å²) in [5.74, 6) is -1.18. The van der Waals surface area contributed by atoms with Gasteiger partial charge in [-0.3, -0.25) is 14.4 Å². The zero-order valence-electron chi connectivity index (χ0n) is 16.5. The summed E-state index contributed by atoms with van der Waals surface area (Å²) in [4.78, 5) is 38.1. The molecular weight excluding hydrogens is 366 g/mol. The van der Waals surface area contributed by atoms with Crippen molar-refractivity contribution < 1.29 is 19.1 Å². The lowest BCUT2D eigenvalue weighted by atomic mass is 9.75. The van der Waals surface area contributed by atoms with Crippen LogP contribution >= 0.6 is 0 Å². The average Bonchev–Trinajstić information content (AvgIpc) is 3.35. The predicted octanol–water partition coefficient (Wildman–Crippen LogP) is 4.02. The molecule has 0 saturated heterocycles. The van der Waals surface area contributed by atoms with Crippen molar-refractivity contribution in [2.75, 3.05) is 11.9 Å². The molecule has 0 spiro atoms. The third-order valence-corrected chi connectivity index (χ3v) is 6.23. The zero-order chi connectivity index (χ0) is 20.4. The Morgan fingerprint density at radius 3 is 2.28 bits per heavy atom. The van der Waals surface area contributed by atoms with E-state index in [-0.39, 0.29) is 36.1 Å². The second-order valence-corrected chi connectivity index (χ2v) is 8.14. The van der Waals surface area contributed by atoms with Crippen molar-refractivity contribution in [2.24, 2.45) is 23.7 Å². The molecule has 2 aliphatic carbocycles. The first-order valence-corrected chi connectivity index (χ1v) is 10.2. The van der Waals surface area contributed by atoms with Gasteiger partial charge in [0.05, 0.1) is 5.92 Å². The van der Waals surface area contributed by atoms with Crippen LogP contribution in [0.4, 0.5) is 5.69 Å². The number of carbonyl (C=O) groups is 3. The maximum Gasteiger partial charge on any atom is 0.310 e. The number of anilines is 1. The molecule has 0 radical (unpaired) electrons. The molecule has 0 unspecified atom stereocenters. The number of rotatable bonds is 6. The Bertz CT molecular complexity index is 906. The quantitative estimate of drug-likeness (QED) is 0.596. The van der Waals surface area contributed by atoms with E-state index < -0.39 is 11.9 Å². The second-order valence-electron chi connectivity index (χ2n) is 8.14. The number of carbonyl (C=O) groups excluding carboxylic acids is 3. The Morgan fingerprint density at radius 2 is 1.59 bits per heavy atom. The molecule has 2 aromatic carbocycles. The van der Waals surface area contributed by atoms with Crippen LogP contribution in [0.1, 0.15) is 35.2 Å². The van der Waals surface area contributed by atoms with Gasteiger partial charge in [-0.1, -0.05) is 48.0 Å². The molecule has 5 heteroatoms. The fraction of sp³-hybridized carbons (Fsp3) is 0.375. The minimum Gasteiger partial charge on any atom is -0.455 e. The predicted molar refractivity (Wildman–Crippen MR) is 109 cm³/mol. The largest absolute Gasteiger partial charge is 0.455 e. The Hall–Kier alpha value is -2.95. The van der Waals surface area contributed by atoms with E-state index in [0.29, 0.717) is 11.3 Å². The number of benzene rings is 2. The summed E-state index contributed by atoms with van der Waals surface area (Å²) in [6.45, 7) is 1.63. The Kier molecular flexibility index (Phi) is 5.47. The molecule has 0 heterocycles. The number of Topliss-reactive ketones (excluding diaryl/α,β-unsaturated/α-hetero) is 1. The van der Waals surface area contributed by atoms with Gasteiger partial charge < -0.3 is 10.1 Å². The summed E-state index contributed by atoms with van der Waals surface area (Å²) in [5, 5.41) is 2.73. The topological polar surface area (TPSA) is 72.5 Å². The Labute approximate surface area is 170 Å². The average molecular weight is 391 g/mol. The van der Waals surface area contributed by atoms with Crippen LogP contribution in [0.15, 0.2) is 54.6 Å². The summed E-state index contributed by atoms with van der Waals surface area (Å²) >= 11 is 0. The number of ether oxygens (including phenoxy) is 1. The number of nitrogens with one attached hydrogen (secondary N) is 1. The van der Waals surface area contributed by atoms with E-state index in [1.807, 2.05) is 37.3 Å². The van der Waals surface area contributed by atoms with Gasteiger partial charge >= 0.3 is 5.97 Å². The maximum absolute atomic E-state index is 13.1. The van der Waals surface area contributed by atoms with Gasteiger partial charge in [-0.25, -0.2) is 0 Å². The number of amides is 1. The molecule has 2 saturated carbocycles. The van der Waals surface area contributed by atoms with Crippen LogP contribution in [-0.2, 0) is 14.3 Å². The maximum atomic E-state index is 13.1. The highest BCUT2D eigenvalue weighted by Crippen LogP contribution is 2.53. The molecule has 0 aliphatic heterocycles. The monoisotopic (exact) mass is 391 g/mol. The van der Waals surface area contributed by atoms with Crippen molar-refractivity contribution in [3.8, 4) is 0 Å². The summed E-state index contributed by atoms with van der Waals surface area (Å²) in [6, 6.07) is 16.5. The summed E-state index contributed by atoms with van der Waals surface area (Å²) in [6.07, 6.45) is 2.81. The fourth-order valence-corrected chi connectivity index (χ4v) is 4.87. The van der Waals surface area contributed by atoms with Crippen molar-refractivity contribution in [2.45, 2.75) is 26.2 Å². The van der Waals surface area contributed by atoms with Crippen LogP contribution in [0.5, 0.6) is 0 Å². The van der Waals surface area contributed by atoms with Gasteiger partial charge in [0, 0.05) is 17.2 Å². The molecule has 2 aromatic rings. The van der Waals surface area contributed by atoms with Gasteiger partial charge in [0.2, 0.25) is 0 Å². The number of aryl methyl sites for hydroxylation is 1. The number of ketones is 1. The van der Waals surface area contributed by atoms with Gasteiger partial charge in [-0.2, -0.15) is 0 Å². The Balaban J connectivity index is 1.39. The van der Waals surface area contributed by atoms with Crippen LogP contribution < -0.4 is 5.32 Å². The SMILES string of the molecule is Cc1ccc(NC(=O)COC(=O)[C@H]2[C@H]3CC[C@@H](C3)[C@H]2C(=O)c2ccccc2)cc1. The van der Waals surface area contributed by atoms with E-state index in [2.05, 4.69) is 5.32 Å². The van der Waals surface area contributed by atoms with E-state index >= 15 is 0 Å². The molecular formula is C24H25NO4. The molecule has 0 aromatic heterocycles. The standard InChI is InChI=1S/C24H25NO4/c1-15-7-11-19(12-8-15)25-20(26)14-29-24(28)22-18-10-9-17(13-18)21(22)23(27)16-5-3-2-4-6-16/h2-8,11-12,17-18,21-22H,9-10,13-14H2,1H3,(H,25,26)/t17-,18-,21+,22-/m0/s1. The molecule has 4 atom stereocenters. The summed E-state index contributed by atoms with van der Waals surface area (Å²) in [7, 11) is 0. The summed E-state index contributed by atoms with van der Waals surface area (Å²) < 4.78 is 5.35. The molecule has 150 valence electrons. The number of hydrogen-bond donors (Lipinski definition) is 1. The van der Waals surface area contributed by atoms with Gasteiger partial charge in [0.25, 0.3) is 5.91 Å². The number of fused-ring (bicyclic) bond motifs is 2. The van der Waals surface area contributed by atoms with E-state index in [9.17, 15) is 14.4 Å². The second kappa shape index (κ2) is 8.19. The minimum atomic E-state index is -0.450. The van der Waals surface area contributed by atoms with Gasteiger partial charge in [-0.05, 0) is 50.2 Å². The summed E-state index contributed by atoms with van der Waals surface area (Å²) in [5.41, 5.74) is 2.40. The van der Waals surface area contributed by atoms with Crippen LogP contribution in [-0.4, -0.2) is 24.3 Å². The van der Waals surface area contributed by atoms with E-state index in [1.165, 1.54) is 0 Å². The first kappa shape index (κ1) is 19.4. The molecule has 1 N–H and O–H groups in total. The number of esters is 1.